The predicted octanol–water partition coefficient (Wildman–Crippen LogP) is 4.22. The van der Waals surface area contributed by atoms with Crippen LogP contribution in [0.2, 0.25) is 0 Å². The molecule has 0 aliphatic rings. The molecular formula is C12H17IO. The molecule has 1 rings (SSSR count). The van der Waals surface area contributed by atoms with Crippen LogP contribution in [0.3, 0.4) is 0 Å². The smallest absolute Gasteiger partial charge is 0.119 e. The first-order valence-corrected chi connectivity index (χ1v) is 6.21. The lowest BCUT2D eigenvalue weighted by Gasteiger charge is -2.10. The summed E-state index contributed by atoms with van der Waals surface area (Å²) >= 11 is 2.41. The highest BCUT2D eigenvalue weighted by molar-refractivity contribution is 14.1. The molecule has 0 aromatic heterocycles. The maximum absolute atomic E-state index is 5.65. The fourth-order valence-corrected chi connectivity index (χ4v) is 1.50. The highest BCUT2D eigenvalue weighted by Gasteiger charge is 2.02. The Labute approximate surface area is 100.0 Å². The Bertz CT molecular complexity index is 281. The summed E-state index contributed by atoms with van der Waals surface area (Å²) in [5, 5.41) is 0. The van der Waals surface area contributed by atoms with Gasteiger partial charge in [-0.2, -0.15) is 0 Å². The summed E-state index contributed by atoms with van der Waals surface area (Å²) < 4.78 is 6.19. The van der Waals surface area contributed by atoms with E-state index in [0.29, 0.717) is 9.84 Å². The van der Waals surface area contributed by atoms with Gasteiger partial charge in [-0.15, -0.1) is 0 Å². The molecule has 0 fully saturated rings. The summed E-state index contributed by atoms with van der Waals surface area (Å²) in [5.41, 5.74) is 1.33. The van der Waals surface area contributed by atoms with Gasteiger partial charge >= 0.3 is 0 Å². The van der Waals surface area contributed by atoms with E-state index < -0.39 is 0 Å². The van der Waals surface area contributed by atoms with Gasteiger partial charge in [0.1, 0.15) is 5.75 Å². The van der Waals surface area contributed by atoms with Gasteiger partial charge in [-0.1, -0.05) is 48.6 Å². The molecule has 0 saturated heterocycles. The van der Waals surface area contributed by atoms with Gasteiger partial charge in [0.05, 0.1) is 6.61 Å². The molecule has 0 amide bonds. The number of benzene rings is 1. The van der Waals surface area contributed by atoms with Crippen molar-refractivity contribution < 1.29 is 4.74 Å². The van der Waals surface area contributed by atoms with Crippen molar-refractivity contribution in [2.75, 3.05) is 6.61 Å². The number of rotatable bonds is 4. The van der Waals surface area contributed by atoms with Crippen LogP contribution in [0, 0.1) is 5.92 Å². The maximum Gasteiger partial charge on any atom is 0.119 e. The molecule has 78 valence electrons. The topological polar surface area (TPSA) is 9.23 Å². The van der Waals surface area contributed by atoms with E-state index in [0.717, 1.165) is 12.4 Å². The van der Waals surface area contributed by atoms with E-state index in [1.807, 2.05) is 6.07 Å². The van der Waals surface area contributed by atoms with Crippen LogP contribution in [0.1, 0.15) is 30.3 Å². The molecule has 0 aliphatic carbocycles. The van der Waals surface area contributed by atoms with Crippen LogP contribution in [0.4, 0.5) is 0 Å². The van der Waals surface area contributed by atoms with Crippen LogP contribution in [0.25, 0.3) is 0 Å². The van der Waals surface area contributed by atoms with Crippen LogP contribution in [0.5, 0.6) is 5.75 Å². The Morgan fingerprint density at radius 1 is 1.29 bits per heavy atom. The number of hydrogen-bond donors (Lipinski definition) is 0. The lowest BCUT2D eigenvalue weighted by molar-refractivity contribution is 0.271. The second-order valence-corrected chi connectivity index (χ2v) is 5.76. The minimum Gasteiger partial charge on any atom is -0.493 e. The Hall–Kier alpha value is -0.250. The van der Waals surface area contributed by atoms with E-state index in [2.05, 4.69) is 61.6 Å². The van der Waals surface area contributed by atoms with Gasteiger partial charge in [0.15, 0.2) is 0 Å². The molecule has 0 spiro atoms. The third-order valence-electron chi connectivity index (χ3n) is 1.90. The number of hydrogen-bond acceptors (Lipinski definition) is 1. The van der Waals surface area contributed by atoms with Gasteiger partial charge in [-0.3, -0.25) is 0 Å². The summed E-state index contributed by atoms with van der Waals surface area (Å²) in [4.78, 5) is 0. The normalized spacial score (nSPS) is 12.9. The van der Waals surface area contributed by atoms with Crippen LogP contribution in [-0.2, 0) is 0 Å². The summed E-state index contributed by atoms with van der Waals surface area (Å²) in [5.74, 6) is 1.57. The molecule has 0 N–H and O–H groups in total. The Morgan fingerprint density at radius 2 is 2.00 bits per heavy atom. The molecule has 0 heterocycles. The molecule has 0 aliphatic heterocycles. The summed E-state index contributed by atoms with van der Waals surface area (Å²) in [6, 6.07) is 8.34. The molecule has 1 atom stereocenters. The molecule has 2 heteroatoms. The summed E-state index contributed by atoms with van der Waals surface area (Å²) in [6.07, 6.45) is 0. The zero-order chi connectivity index (χ0) is 10.6. The molecule has 0 saturated carbocycles. The van der Waals surface area contributed by atoms with Crippen LogP contribution in [-0.4, -0.2) is 6.61 Å². The van der Waals surface area contributed by atoms with E-state index in [1.165, 1.54) is 5.56 Å². The molecule has 1 aromatic rings. The largest absolute Gasteiger partial charge is 0.493 e. The molecule has 0 bridgehead atoms. The molecule has 1 nitrogen and oxygen atoms in total. The van der Waals surface area contributed by atoms with Gasteiger partial charge in [-0.25, -0.2) is 0 Å². The standard InChI is InChI=1S/C12H17IO/c1-9(2)8-14-12-6-4-5-11(7-12)10(3)13/h4-7,9-10H,8H2,1-3H3. The van der Waals surface area contributed by atoms with E-state index in [4.69, 9.17) is 4.74 Å². The highest BCUT2D eigenvalue weighted by atomic mass is 127. The van der Waals surface area contributed by atoms with Gasteiger partial charge in [0, 0.05) is 3.92 Å². The SMILES string of the molecule is CC(C)COc1cccc(C(C)I)c1. The summed E-state index contributed by atoms with van der Waals surface area (Å²) in [7, 11) is 0. The van der Waals surface area contributed by atoms with Crippen molar-refractivity contribution in [1.29, 1.82) is 0 Å². The van der Waals surface area contributed by atoms with E-state index in [9.17, 15) is 0 Å². The van der Waals surface area contributed by atoms with Crippen molar-refractivity contribution >= 4 is 22.6 Å². The monoisotopic (exact) mass is 304 g/mol. The fraction of sp³-hybridized carbons (Fsp3) is 0.500. The van der Waals surface area contributed by atoms with Crippen LogP contribution in [0.15, 0.2) is 24.3 Å². The zero-order valence-electron chi connectivity index (χ0n) is 8.96. The number of ether oxygens (including phenoxy) is 1. The number of halogens is 1. The summed E-state index contributed by atoms with van der Waals surface area (Å²) in [6.45, 7) is 7.29. The minimum atomic E-state index is 0.537. The second kappa shape index (κ2) is 5.59. The second-order valence-electron chi connectivity index (χ2n) is 3.89. The number of alkyl halides is 1. The lowest BCUT2D eigenvalue weighted by atomic mass is 10.1. The van der Waals surface area contributed by atoms with Crippen molar-refractivity contribution in [2.45, 2.75) is 24.7 Å². The van der Waals surface area contributed by atoms with Gasteiger partial charge in [-0.05, 0) is 30.5 Å². The maximum atomic E-state index is 5.65. The predicted molar refractivity (Wildman–Crippen MR) is 69.2 cm³/mol. The van der Waals surface area contributed by atoms with E-state index in [-0.39, 0.29) is 0 Å². The van der Waals surface area contributed by atoms with E-state index >= 15 is 0 Å². The van der Waals surface area contributed by atoms with Crippen molar-refractivity contribution in [2.24, 2.45) is 5.92 Å². The Kier molecular flexibility index (Phi) is 4.72. The molecule has 1 unspecified atom stereocenters. The molecule has 1 aromatic carbocycles. The third-order valence-corrected chi connectivity index (χ3v) is 2.62. The Morgan fingerprint density at radius 3 is 2.57 bits per heavy atom. The zero-order valence-corrected chi connectivity index (χ0v) is 11.1. The van der Waals surface area contributed by atoms with Gasteiger partial charge in [0.25, 0.3) is 0 Å². The van der Waals surface area contributed by atoms with Crippen molar-refractivity contribution in [3.8, 4) is 5.75 Å². The van der Waals surface area contributed by atoms with Crippen LogP contribution >= 0.6 is 22.6 Å². The average Bonchev–Trinajstić information content (AvgIpc) is 2.15. The van der Waals surface area contributed by atoms with Crippen molar-refractivity contribution in [3.63, 3.8) is 0 Å². The van der Waals surface area contributed by atoms with Gasteiger partial charge in [0.2, 0.25) is 0 Å². The third kappa shape index (κ3) is 3.86. The fourth-order valence-electron chi connectivity index (χ4n) is 1.11. The lowest BCUT2D eigenvalue weighted by Crippen LogP contribution is -2.04. The van der Waals surface area contributed by atoms with Crippen LogP contribution < -0.4 is 4.74 Å². The molecule has 0 radical (unpaired) electrons. The first-order valence-electron chi connectivity index (χ1n) is 4.96. The van der Waals surface area contributed by atoms with Crippen molar-refractivity contribution in [3.05, 3.63) is 29.8 Å². The quantitative estimate of drug-likeness (QED) is 0.598. The first-order chi connectivity index (χ1) is 6.59. The van der Waals surface area contributed by atoms with Crippen molar-refractivity contribution in [1.82, 2.24) is 0 Å². The minimum absolute atomic E-state index is 0.537. The first kappa shape index (κ1) is 11.8. The Balaban J connectivity index is 2.64. The average molecular weight is 304 g/mol. The molecular weight excluding hydrogens is 287 g/mol. The highest BCUT2D eigenvalue weighted by Crippen LogP contribution is 2.25. The van der Waals surface area contributed by atoms with Gasteiger partial charge < -0.3 is 4.74 Å². The van der Waals surface area contributed by atoms with E-state index in [1.54, 1.807) is 0 Å². The molecule has 14 heavy (non-hydrogen) atoms.